The minimum atomic E-state index is -0.433. The standard InChI is InChI=1S/C17H17N5O2/c23-16-13(8-12-4-2-1-3-5-12)9-21(17(24)18-16)10-14-11-22(20-19-14)15-6-7-15/h1-5,9,11,15H,6-8,10H2,(H,18,23,24). The van der Waals surface area contributed by atoms with Gasteiger partial charge in [0.05, 0.1) is 18.8 Å². The van der Waals surface area contributed by atoms with Crippen molar-refractivity contribution in [1.82, 2.24) is 24.5 Å². The van der Waals surface area contributed by atoms with E-state index in [2.05, 4.69) is 15.3 Å². The zero-order valence-electron chi connectivity index (χ0n) is 13.1. The SMILES string of the molecule is O=c1[nH]c(=O)n(Cc2cn(C3CC3)nn2)cc1Cc1ccccc1. The van der Waals surface area contributed by atoms with E-state index in [9.17, 15) is 9.59 Å². The smallest absolute Gasteiger partial charge is 0.294 e. The molecule has 0 amide bonds. The molecule has 3 aromatic rings. The highest BCUT2D eigenvalue weighted by molar-refractivity contribution is 5.22. The summed E-state index contributed by atoms with van der Waals surface area (Å²) < 4.78 is 3.32. The molecule has 0 saturated heterocycles. The molecule has 24 heavy (non-hydrogen) atoms. The van der Waals surface area contributed by atoms with Gasteiger partial charge >= 0.3 is 5.69 Å². The Morgan fingerprint density at radius 3 is 2.67 bits per heavy atom. The molecule has 1 aromatic carbocycles. The van der Waals surface area contributed by atoms with E-state index >= 15 is 0 Å². The van der Waals surface area contributed by atoms with Crippen LogP contribution in [0, 0.1) is 0 Å². The molecule has 0 bridgehead atoms. The van der Waals surface area contributed by atoms with Gasteiger partial charge in [-0.15, -0.1) is 5.10 Å². The number of hydrogen-bond acceptors (Lipinski definition) is 4. The maximum absolute atomic E-state index is 12.1. The van der Waals surface area contributed by atoms with Crippen LogP contribution in [0.4, 0.5) is 0 Å². The van der Waals surface area contributed by atoms with Gasteiger partial charge in [-0.1, -0.05) is 35.5 Å². The van der Waals surface area contributed by atoms with Crippen molar-refractivity contribution in [3.8, 4) is 0 Å². The molecule has 7 nitrogen and oxygen atoms in total. The molecule has 0 radical (unpaired) electrons. The van der Waals surface area contributed by atoms with E-state index in [1.54, 1.807) is 6.20 Å². The van der Waals surface area contributed by atoms with Gasteiger partial charge in [0, 0.05) is 18.2 Å². The summed E-state index contributed by atoms with van der Waals surface area (Å²) in [5, 5.41) is 8.20. The van der Waals surface area contributed by atoms with Crippen molar-refractivity contribution < 1.29 is 0 Å². The first-order valence-corrected chi connectivity index (χ1v) is 7.96. The molecule has 1 aliphatic rings. The lowest BCUT2D eigenvalue weighted by atomic mass is 10.1. The minimum absolute atomic E-state index is 0.296. The molecule has 122 valence electrons. The molecule has 1 N–H and O–H groups in total. The number of nitrogens with zero attached hydrogens (tertiary/aromatic N) is 4. The summed E-state index contributed by atoms with van der Waals surface area (Å²) in [6.45, 7) is 0.296. The van der Waals surface area contributed by atoms with Crippen molar-refractivity contribution in [1.29, 1.82) is 0 Å². The first-order chi connectivity index (χ1) is 11.7. The van der Waals surface area contributed by atoms with E-state index in [1.807, 2.05) is 41.2 Å². The van der Waals surface area contributed by atoms with Gasteiger partial charge in [-0.05, 0) is 18.4 Å². The van der Waals surface area contributed by atoms with Gasteiger partial charge in [-0.2, -0.15) is 0 Å². The van der Waals surface area contributed by atoms with Crippen LogP contribution >= 0.6 is 0 Å². The number of aromatic amines is 1. The van der Waals surface area contributed by atoms with E-state index in [0.717, 1.165) is 18.4 Å². The maximum Gasteiger partial charge on any atom is 0.328 e. The third-order valence-electron chi connectivity index (χ3n) is 4.13. The number of hydrogen-bond donors (Lipinski definition) is 1. The molecule has 0 atom stereocenters. The second-order valence-corrected chi connectivity index (χ2v) is 6.12. The summed E-state index contributed by atoms with van der Waals surface area (Å²) in [4.78, 5) is 26.5. The maximum atomic E-state index is 12.1. The highest BCUT2D eigenvalue weighted by atomic mass is 16.2. The lowest BCUT2D eigenvalue weighted by Gasteiger charge is -2.06. The molecule has 1 saturated carbocycles. The fourth-order valence-corrected chi connectivity index (χ4v) is 2.69. The predicted octanol–water partition coefficient (Wildman–Crippen LogP) is 1.10. The van der Waals surface area contributed by atoms with Crippen LogP contribution in [0.5, 0.6) is 0 Å². The third-order valence-corrected chi connectivity index (χ3v) is 4.13. The van der Waals surface area contributed by atoms with Crippen LogP contribution in [0.1, 0.15) is 35.7 Å². The van der Waals surface area contributed by atoms with E-state index in [0.29, 0.717) is 30.3 Å². The van der Waals surface area contributed by atoms with Gasteiger partial charge in [0.2, 0.25) is 0 Å². The topological polar surface area (TPSA) is 85.6 Å². The van der Waals surface area contributed by atoms with Gasteiger partial charge in [-0.25, -0.2) is 9.48 Å². The van der Waals surface area contributed by atoms with Crippen LogP contribution in [-0.4, -0.2) is 24.5 Å². The molecule has 4 rings (SSSR count). The quantitative estimate of drug-likeness (QED) is 0.762. The zero-order valence-corrected chi connectivity index (χ0v) is 13.1. The molecule has 0 spiro atoms. The predicted molar refractivity (Wildman–Crippen MR) is 88.0 cm³/mol. The number of nitrogens with one attached hydrogen (secondary N) is 1. The number of H-pyrrole nitrogens is 1. The van der Waals surface area contributed by atoms with Gasteiger partial charge in [0.1, 0.15) is 5.69 Å². The first kappa shape index (κ1) is 14.6. The summed E-state index contributed by atoms with van der Waals surface area (Å²) >= 11 is 0. The van der Waals surface area contributed by atoms with Crippen molar-refractivity contribution in [3.05, 3.63) is 80.4 Å². The lowest BCUT2D eigenvalue weighted by Crippen LogP contribution is -2.32. The Morgan fingerprint density at radius 2 is 1.92 bits per heavy atom. The van der Waals surface area contributed by atoms with Crippen LogP contribution < -0.4 is 11.2 Å². The van der Waals surface area contributed by atoms with E-state index in [1.165, 1.54) is 4.57 Å². The number of aromatic nitrogens is 5. The fourth-order valence-electron chi connectivity index (χ4n) is 2.69. The third kappa shape index (κ3) is 3.05. The van der Waals surface area contributed by atoms with Crippen LogP contribution in [0.3, 0.4) is 0 Å². The Morgan fingerprint density at radius 1 is 1.12 bits per heavy atom. The van der Waals surface area contributed by atoms with Crippen molar-refractivity contribution in [2.75, 3.05) is 0 Å². The van der Waals surface area contributed by atoms with E-state index in [4.69, 9.17) is 0 Å². The Hall–Kier alpha value is -2.96. The Bertz CT molecular complexity index is 966. The van der Waals surface area contributed by atoms with Crippen molar-refractivity contribution in [2.24, 2.45) is 0 Å². The average molecular weight is 323 g/mol. The van der Waals surface area contributed by atoms with Crippen molar-refractivity contribution in [2.45, 2.75) is 31.8 Å². The molecule has 1 fully saturated rings. The largest absolute Gasteiger partial charge is 0.328 e. The molecule has 1 aliphatic carbocycles. The summed E-state index contributed by atoms with van der Waals surface area (Å²) in [5.74, 6) is 0. The monoisotopic (exact) mass is 323 g/mol. The fraction of sp³-hybridized carbons (Fsp3) is 0.294. The van der Waals surface area contributed by atoms with Gasteiger partial charge < -0.3 is 0 Å². The molecule has 2 aromatic heterocycles. The van der Waals surface area contributed by atoms with Crippen molar-refractivity contribution >= 4 is 0 Å². The minimum Gasteiger partial charge on any atom is -0.294 e. The Kier molecular flexibility index (Phi) is 3.60. The first-order valence-electron chi connectivity index (χ1n) is 7.96. The number of rotatable bonds is 5. The highest BCUT2D eigenvalue weighted by Gasteiger charge is 2.24. The van der Waals surface area contributed by atoms with Crippen LogP contribution in [0.15, 0.2) is 52.3 Å². The number of benzene rings is 1. The molecular formula is C17H17N5O2. The summed E-state index contributed by atoms with van der Waals surface area (Å²) in [6, 6.07) is 10.1. The second kappa shape index (κ2) is 5.92. The summed E-state index contributed by atoms with van der Waals surface area (Å²) in [5.41, 5.74) is 1.50. The van der Waals surface area contributed by atoms with Crippen molar-refractivity contribution in [3.63, 3.8) is 0 Å². The Balaban J connectivity index is 1.61. The molecule has 2 heterocycles. The Labute approximate surface area is 137 Å². The van der Waals surface area contributed by atoms with E-state index < -0.39 is 5.69 Å². The molecule has 0 aliphatic heterocycles. The second-order valence-electron chi connectivity index (χ2n) is 6.12. The summed E-state index contributed by atoms with van der Waals surface area (Å²) in [7, 11) is 0. The van der Waals surface area contributed by atoms with Crippen LogP contribution in [-0.2, 0) is 13.0 Å². The lowest BCUT2D eigenvalue weighted by molar-refractivity contribution is 0.610. The molecular weight excluding hydrogens is 306 g/mol. The molecule has 0 unspecified atom stereocenters. The average Bonchev–Trinajstić information content (AvgIpc) is 3.33. The zero-order chi connectivity index (χ0) is 16.5. The van der Waals surface area contributed by atoms with Gasteiger partial charge in [0.15, 0.2) is 0 Å². The van der Waals surface area contributed by atoms with Crippen LogP contribution in [0.25, 0.3) is 0 Å². The van der Waals surface area contributed by atoms with Gasteiger partial charge in [-0.3, -0.25) is 14.3 Å². The highest BCUT2D eigenvalue weighted by Crippen LogP contribution is 2.33. The van der Waals surface area contributed by atoms with E-state index in [-0.39, 0.29) is 5.56 Å². The van der Waals surface area contributed by atoms with Crippen LogP contribution in [0.2, 0.25) is 0 Å². The normalized spacial score (nSPS) is 14.0. The summed E-state index contributed by atoms with van der Waals surface area (Å²) in [6.07, 6.45) is 6.22. The van der Waals surface area contributed by atoms with Gasteiger partial charge in [0.25, 0.3) is 5.56 Å². The molecule has 7 heteroatoms.